The average Bonchev–Trinajstić information content (AvgIpc) is 3.86. The maximum Gasteiger partial charge on any atom is 0.328 e. The summed E-state index contributed by atoms with van der Waals surface area (Å²) in [5, 5.41) is 67.4. The van der Waals surface area contributed by atoms with Crippen LogP contribution in [0.1, 0.15) is 126 Å². The van der Waals surface area contributed by atoms with Crippen LogP contribution >= 0.6 is 0 Å². The van der Waals surface area contributed by atoms with Crippen molar-refractivity contribution in [2.45, 2.75) is 192 Å². The van der Waals surface area contributed by atoms with Crippen molar-refractivity contribution in [3.8, 4) is 0 Å². The Balaban J connectivity index is 3.49. The van der Waals surface area contributed by atoms with Gasteiger partial charge in [-0.25, -0.2) is 4.79 Å². The molecule has 0 spiro atoms. The van der Waals surface area contributed by atoms with Gasteiger partial charge in [0.25, 0.3) is 0 Å². The molecule has 30 nitrogen and oxygen atoms in total. The molecule has 19 N–H and O–H groups in total. The first kappa shape index (κ1) is 70.0. The summed E-state index contributed by atoms with van der Waals surface area (Å²) in [6.07, 6.45) is -3.02. The van der Waals surface area contributed by atoms with Crippen molar-refractivity contribution in [3.05, 3.63) is 0 Å². The van der Waals surface area contributed by atoms with Crippen molar-refractivity contribution in [2.24, 2.45) is 35.0 Å². The average molecular weight is 1130 g/mol. The zero-order valence-electron chi connectivity index (χ0n) is 45.9. The first-order valence-corrected chi connectivity index (χ1v) is 26.3. The van der Waals surface area contributed by atoms with E-state index in [1.54, 1.807) is 27.7 Å². The number of hydrogen-bond donors (Lipinski definition) is 16. The van der Waals surface area contributed by atoms with E-state index in [-0.39, 0.29) is 44.6 Å². The van der Waals surface area contributed by atoms with E-state index in [0.717, 1.165) is 4.90 Å². The Hall–Kier alpha value is -7.05. The molecule has 10 amide bonds. The molecule has 1 aliphatic rings. The van der Waals surface area contributed by atoms with E-state index in [4.69, 9.17) is 17.2 Å². The van der Waals surface area contributed by atoms with E-state index in [1.807, 2.05) is 0 Å². The summed E-state index contributed by atoms with van der Waals surface area (Å²) in [5.41, 5.74) is 17.0. The van der Waals surface area contributed by atoms with Crippen molar-refractivity contribution in [1.82, 2.24) is 47.4 Å². The molecule has 1 rings (SSSR count). The molecular formula is C49H84N12O18. The van der Waals surface area contributed by atoms with Crippen LogP contribution in [0, 0.1) is 17.8 Å². The third-order valence-corrected chi connectivity index (χ3v) is 13.0. The molecule has 0 saturated carbocycles. The number of unbranched alkanes of at least 4 members (excludes halogenated alkanes) is 1. The molecule has 0 aliphatic carbocycles. The van der Waals surface area contributed by atoms with E-state index < -0.39 is 194 Å². The van der Waals surface area contributed by atoms with Crippen molar-refractivity contribution < 1.29 is 87.9 Å². The summed E-state index contributed by atoms with van der Waals surface area (Å²) in [4.78, 5) is 172. The van der Waals surface area contributed by atoms with Crippen LogP contribution in [-0.2, 0) is 62.3 Å². The number of likely N-dealkylation sites (tertiary alicyclic amines) is 1. The summed E-state index contributed by atoms with van der Waals surface area (Å²) in [5.74, 6) is -16.2. The van der Waals surface area contributed by atoms with Crippen molar-refractivity contribution in [2.75, 3.05) is 19.7 Å². The summed E-state index contributed by atoms with van der Waals surface area (Å²) < 4.78 is 0. The monoisotopic (exact) mass is 1130 g/mol. The van der Waals surface area contributed by atoms with Crippen LogP contribution in [-0.4, -0.2) is 194 Å². The molecule has 30 heteroatoms. The highest BCUT2D eigenvalue weighted by Crippen LogP contribution is 2.21. The topological polar surface area (TPSA) is 501 Å². The van der Waals surface area contributed by atoms with Gasteiger partial charge in [0.05, 0.1) is 25.2 Å². The van der Waals surface area contributed by atoms with Gasteiger partial charge in [-0.2, -0.15) is 0 Å². The number of carboxylic acids is 3. The van der Waals surface area contributed by atoms with Gasteiger partial charge in [-0.1, -0.05) is 54.4 Å². The quantitative estimate of drug-likeness (QED) is 0.0259. The second kappa shape index (κ2) is 34.8. The zero-order chi connectivity index (χ0) is 60.4. The van der Waals surface area contributed by atoms with Gasteiger partial charge >= 0.3 is 17.9 Å². The number of amides is 10. The lowest BCUT2D eigenvalue weighted by molar-refractivity contribution is -0.146. The number of carbonyl (C=O) groups excluding carboxylic acids is 10. The summed E-state index contributed by atoms with van der Waals surface area (Å²) >= 11 is 0. The second-order valence-electron chi connectivity index (χ2n) is 20.4. The number of nitrogens with one attached hydrogen (secondary N) is 8. The molecule has 0 bridgehead atoms. The number of aliphatic hydroxyl groups is 2. The van der Waals surface area contributed by atoms with Crippen LogP contribution in [0.5, 0.6) is 0 Å². The van der Waals surface area contributed by atoms with E-state index in [9.17, 15) is 87.9 Å². The maximum atomic E-state index is 14.1. The molecule has 448 valence electrons. The van der Waals surface area contributed by atoms with Gasteiger partial charge < -0.3 is 90.2 Å². The number of aliphatic hydroxyl groups excluding tert-OH is 2. The van der Waals surface area contributed by atoms with Crippen LogP contribution in [0.25, 0.3) is 0 Å². The molecule has 79 heavy (non-hydrogen) atoms. The normalized spacial score (nSPS) is 17.4. The van der Waals surface area contributed by atoms with Crippen LogP contribution < -0.4 is 59.7 Å². The van der Waals surface area contributed by atoms with Crippen LogP contribution in [0.15, 0.2) is 0 Å². The van der Waals surface area contributed by atoms with Gasteiger partial charge in [0.15, 0.2) is 0 Å². The molecule has 0 unspecified atom stereocenters. The lowest BCUT2D eigenvalue weighted by Gasteiger charge is -2.31. The zero-order valence-corrected chi connectivity index (χ0v) is 45.9. The van der Waals surface area contributed by atoms with Crippen molar-refractivity contribution in [3.63, 3.8) is 0 Å². The number of carboxylic acid groups (broad SMARTS) is 3. The standard InChI is InChI=1S/C49H84N12O18/c1-8-25(6)38(59-47(76)39(26(7)63)60-40(69)27(51)12-9-10-18-50)46(75)56-31(21-34(52)64)43(72)55-30(20-23(2)3)42(71)53-28(14-16-35(65)66)41(70)58-37(24(4)5)45(74)54-29(15-17-36(67)68)48(77)61-19-11-13-33(61)44(73)57-32(22-62)49(78)79/h23-33,37-39,62-63H,8-22,50-51H2,1-7H3,(H2,52,64)(H,53,71)(H,54,74)(H,55,72)(H,56,75)(H,57,73)(H,58,70)(H,59,76)(H,60,69)(H,65,66)(H,67,68)(H,78,79)/t25-,26+,27-,28-,29-,30-,31-,32-,33-,37-,38-,39-/m0/s1. The van der Waals surface area contributed by atoms with Gasteiger partial charge in [0.2, 0.25) is 59.1 Å². The molecule has 1 saturated heterocycles. The van der Waals surface area contributed by atoms with E-state index in [1.165, 1.54) is 20.8 Å². The van der Waals surface area contributed by atoms with E-state index in [0.29, 0.717) is 19.4 Å². The fourth-order valence-electron chi connectivity index (χ4n) is 8.24. The molecule has 0 aromatic heterocycles. The third kappa shape index (κ3) is 24.2. The highest BCUT2D eigenvalue weighted by molar-refractivity contribution is 6.00. The fourth-order valence-corrected chi connectivity index (χ4v) is 8.24. The van der Waals surface area contributed by atoms with Gasteiger partial charge in [-0.3, -0.25) is 57.5 Å². The van der Waals surface area contributed by atoms with Crippen molar-refractivity contribution in [1.29, 1.82) is 0 Å². The molecule has 1 heterocycles. The number of rotatable bonds is 37. The van der Waals surface area contributed by atoms with Gasteiger partial charge in [-0.15, -0.1) is 0 Å². The Bertz CT molecular complexity index is 2150. The second-order valence-corrected chi connectivity index (χ2v) is 20.4. The first-order chi connectivity index (χ1) is 36.9. The van der Waals surface area contributed by atoms with Crippen LogP contribution in [0.3, 0.4) is 0 Å². The highest BCUT2D eigenvalue weighted by atomic mass is 16.4. The summed E-state index contributed by atoms with van der Waals surface area (Å²) in [6, 6.07) is -15.3. The van der Waals surface area contributed by atoms with E-state index in [2.05, 4.69) is 42.5 Å². The Labute approximate surface area is 458 Å². The molecular weight excluding hydrogens is 1040 g/mol. The molecule has 1 aliphatic heterocycles. The summed E-state index contributed by atoms with van der Waals surface area (Å²) in [7, 11) is 0. The predicted molar refractivity (Wildman–Crippen MR) is 279 cm³/mol. The lowest BCUT2D eigenvalue weighted by Crippen LogP contribution is -2.62. The molecule has 0 aromatic carbocycles. The number of carbonyl (C=O) groups is 13. The predicted octanol–water partition coefficient (Wildman–Crippen LogP) is -4.88. The van der Waals surface area contributed by atoms with Gasteiger partial charge in [0.1, 0.15) is 54.4 Å². The molecule has 1 fully saturated rings. The minimum atomic E-state index is -1.79. The van der Waals surface area contributed by atoms with Crippen molar-refractivity contribution >= 4 is 77.0 Å². The minimum absolute atomic E-state index is 0.0534. The third-order valence-electron chi connectivity index (χ3n) is 13.0. The molecule has 12 atom stereocenters. The summed E-state index contributed by atoms with van der Waals surface area (Å²) in [6.45, 7) is 10.1. The van der Waals surface area contributed by atoms with Crippen LogP contribution in [0.4, 0.5) is 0 Å². The molecule has 0 aromatic rings. The van der Waals surface area contributed by atoms with Gasteiger partial charge in [-0.05, 0) is 76.2 Å². The Morgan fingerprint density at radius 3 is 1.59 bits per heavy atom. The smallest absolute Gasteiger partial charge is 0.328 e. The van der Waals surface area contributed by atoms with E-state index >= 15 is 0 Å². The molecule has 0 radical (unpaired) electrons. The number of hydrogen-bond acceptors (Lipinski definition) is 17. The number of primary amides is 1. The number of nitrogens with zero attached hydrogens (tertiary/aromatic N) is 1. The number of nitrogens with two attached hydrogens (primary N) is 3. The number of aliphatic carboxylic acids is 3. The Kier molecular flexibility index (Phi) is 30.8. The fraction of sp³-hybridized carbons (Fsp3) is 0.735. The van der Waals surface area contributed by atoms with Crippen LogP contribution in [0.2, 0.25) is 0 Å². The maximum absolute atomic E-state index is 14.1. The highest BCUT2D eigenvalue weighted by Gasteiger charge is 2.41. The van der Waals surface area contributed by atoms with Gasteiger partial charge in [0, 0.05) is 19.4 Å². The largest absolute Gasteiger partial charge is 0.481 e. The first-order valence-electron chi connectivity index (χ1n) is 26.3. The minimum Gasteiger partial charge on any atom is -0.481 e. The Morgan fingerprint density at radius 1 is 0.595 bits per heavy atom. The Morgan fingerprint density at radius 2 is 1.09 bits per heavy atom. The SMILES string of the molecule is CC[C@H](C)[C@H](NC(=O)[C@@H](NC(=O)[C@@H](N)CCCCN)[C@@H](C)O)C(=O)N[C@@H](CC(N)=O)C(=O)N[C@@H](CC(C)C)C(=O)N[C@@H](CCC(=O)O)C(=O)N[C@H](C(=O)N[C@@H](CCC(=O)O)C(=O)N1CCC[C@H]1C(=O)N[C@@H](CO)C(=O)O)C(C)C. The lowest BCUT2D eigenvalue weighted by atomic mass is 9.96.